The Morgan fingerprint density at radius 1 is 1.48 bits per heavy atom. The molecule has 112 valence electrons. The predicted octanol–water partition coefficient (Wildman–Crippen LogP) is 0.661. The Kier molecular flexibility index (Phi) is 4.54. The molecule has 0 aliphatic rings. The largest absolute Gasteiger partial charge is 0.493 e. The van der Waals surface area contributed by atoms with Crippen molar-refractivity contribution in [3.05, 3.63) is 35.9 Å². The van der Waals surface area contributed by atoms with E-state index in [2.05, 4.69) is 10.1 Å². The third kappa shape index (κ3) is 3.19. The van der Waals surface area contributed by atoms with Crippen LogP contribution in [0.15, 0.2) is 24.5 Å². The lowest BCUT2D eigenvalue weighted by atomic mass is 10.1. The molecular weight excluding hydrogens is 270 g/mol. The van der Waals surface area contributed by atoms with Crippen LogP contribution >= 0.6 is 0 Å². The summed E-state index contributed by atoms with van der Waals surface area (Å²) >= 11 is 0. The molecule has 2 rings (SSSR count). The summed E-state index contributed by atoms with van der Waals surface area (Å²) in [6, 6.07) is 3.33. The average molecular weight is 289 g/mol. The molecule has 2 heterocycles. The second-order valence-corrected chi connectivity index (χ2v) is 4.86. The van der Waals surface area contributed by atoms with E-state index in [4.69, 9.17) is 10.5 Å². The number of rotatable bonds is 6. The SMILES string of the molecule is COc1cnn(CCN(C)C)c1C(=O)c1ncccc1N. The van der Waals surface area contributed by atoms with Gasteiger partial charge in [0.05, 0.1) is 25.5 Å². The summed E-state index contributed by atoms with van der Waals surface area (Å²) in [4.78, 5) is 18.8. The van der Waals surface area contributed by atoms with Gasteiger partial charge in [0.25, 0.3) is 0 Å². The first-order valence-electron chi connectivity index (χ1n) is 6.54. The van der Waals surface area contributed by atoms with Crippen LogP contribution in [0, 0.1) is 0 Å². The van der Waals surface area contributed by atoms with E-state index in [9.17, 15) is 4.79 Å². The normalized spacial score (nSPS) is 10.9. The predicted molar refractivity (Wildman–Crippen MR) is 79.4 cm³/mol. The van der Waals surface area contributed by atoms with Crippen LogP contribution in [0.4, 0.5) is 5.69 Å². The Bertz CT molecular complexity index is 636. The minimum atomic E-state index is -0.291. The van der Waals surface area contributed by atoms with Gasteiger partial charge in [0, 0.05) is 12.7 Å². The monoisotopic (exact) mass is 289 g/mol. The zero-order valence-electron chi connectivity index (χ0n) is 12.4. The van der Waals surface area contributed by atoms with Crippen molar-refractivity contribution in [2.75, 3.05) is 33.5 Å². The molecule has 0 saturated heterocycles. The van der Waals surface area contributed by atoms with E-state index in [1.54, 1.807) is 16.8 Å². The van der Waals surface area contributed by atoms with E-state index in [1.807, 2.05) is 19.0 Å². The zero-order chi connectivity index (χ0) is 15.4. The topological polar surface area (TPSA) is 86.3 Å². The van der Waals surface area contributed by atoms with Gasteiger partial charge in [-0.2, -0.15) is 5.10 Å². The van der Waals surface area contributed by atoms with Crippen LogP contribution < -0.4 is 10.5 Å². The number of ketones is 1. The van der Waals surface area contributed by atoms with E-state index >= 15 is 0 Å². The highest BCUT2D eigenvalue weighted by atomic mass is 16.5. The Hall–Kier alpha value is -2.41. The quantitative estimate of drug-likeness (QED) is 0.786. The van der Waals surface area contributed by atoms with Crippen LogP contribution in [-0.4, -0.2) is 53.2 Å². The second kappa shape index (κ2) is 6.36. The molecule has 7 nitrogen and oxygen atoms in total. The number of hydrogen-bond acceptors (Lipinski definition) is 6. The van der Waals surface area contributed by atoms with Gasteiger partial charge in [-0.25, -0.2) is 0 Å². The van der Waals surface area contributed by atoms with Gasteiger partial charge in [-0.15, -0.1) is 0 Å². The highest BCUT2D eigenvalue weighted by Gasteiger charge is 2.23. The molecule has 0 aliphatic carbocycles. The van der Waals surface area contributed by atoms with Crippen LogP contribution in [0.3, 0.4) is 0 Å². The van der Waals surface area contributed by atoms with Crippen molar-refractivity contribution >= 4 is 11.5 Å². The standard InChI is InChI=1S/C14H19N5O2/c1-18(2)7-8-19-13(11(21-3)9-17-19)14(20)12-10(15)5-4-6-16-12/h4-6,9H,7-8,15H2,1-3H3. The Labute approximate surface area is 123 Å². The van der Waals surface area contributed by atoms with Crippen molar-refractivity contribution in [3.63, 3.8) is 0 Å². The minimum Gasteiger partial charge on any atom is -0.493 e. The third-order valence-corrected chi connectivity index (χ3v) is 3.05. The maximum absolute atomic E-state index is 12.7. The molecule has 0 aromatic carbocycles. The van der Waals surface area contributed by atoms with Crippen LogP contribution in [0.5, 0.6) is 5.75 Å². The third-order valence-electron chi connectivity index (χ3n) is 3.05. The highest BCUT2D eigenvalue weighted by molar-refractivity contribution is 6.11. The van der Waals surface area contributed by atoms with Crippen molar-refractivity contribution in [3.8, 4) is 5.75 Å². The summed E-state index contributed by atoms with van der Waals surface area (Å²) < 4.78 is 6.85. The number of likely N-dealkylation sites (N-methyl/N-ethyl adjacent to an activating group) is 1. The Morgan fingerprint density at radius 3 is 2.86 bits per heavy atom. The van der Waals surface area contributed by atoms with E-state index in [0.717, 1.165) is 6.54 Å². The van der Waals surface area contributed by atoms with Gasteiger partial charge in [0.2, 0.25) is 5.78 Å². The van der Waals surface area contributed by atoms with Crippen molar-refractivity contribution in [1.82, 2.24) is 19.7 Å². The number of hydrogen-bond donors (Lipinski definition) is 1. The molecule has 0 fully saturated rings. The minimum absolute atomic E-state index is 0.211. The number of pyridine rings is 1. The van der Waals surface area contributed by atoms with Crippen LogP contribution in [0.1, 0.15) is 16.2 Å². The summed E-state index contributed by atoms with van der Waals surface area (Å²) in [6.07, 6.45) is 3.07. The molecule has 21 heavy (non-hydrogen) atoms. The van der Waals surface area contributed by atoms with Gasteiger partial charge in [0.15, 0.2) is 11.4 Å². The van der Waals surface area contributed by atoms with E-state index in [-0.39, 0.29) is 11.5 Å². The number of nitrogens with zero attached hydrogens (tertiary/aromatic N) is 4. The van der Waals surface area contributed by atoms with E-state index in [0.29, 0.717) is 23.7 Å². The van der Waals surface area contributed by atoms with Gasteiger partial charge >= 0.3 is 0 Å². The number of carbonyl (C=O) groups is 1. The van der Waals surface area contributed by atoms with Crippen LogP contribution in [0.25, 0.3) is 0 Å². The lowest BCUT2D eigenvalue weighted by Gasteiger charge is -2.12. The fourth-order valence-corrected chi connectivity index (χ4v) is 1.93. The lowest BCUT2D eigenvalue weighted by Crippen LogP contribution is -2.22. The molecule has 0 unspecified atom stereocenters. The summed E-state index contributed by atoms with van der Waals surface area (Å²) in [5, 5.41) is 4.21. The first-order chi connectivity index (χ1) is 10.0. The number of nitrogen functional groups attached to an aromatic ring is 1. The van der Waals surface area contributed by atoms with E-state index < -0.39 is 0 Å². The molecule has 2 aromatic heterocycles. The van der Waals surface area contributed by atoms with Gasteiger partial charge in [0.1, 0.15) is 5.69 Å². The van der Waals surface area contributed by atoms with Crippen LogP contribution in [-0.2, 0) is 6.54 Å². The van der Waals surface area contributed by atoms with Crippen molar-refractivity contribution in [2.24, 2.45) is 0 Å². The maximum atomic E-state index is 12.7. The molecular formula is C14H19N5O2. The molecule has 0 atom stereocenters. The van der Waals surface area contributed by atoms with Crippen molar-refractivity contribution in [2.45, 2.75) is 6.54 Å². The maximum Gasteiger partial charge on any atom is 0.235 e. The summed E-state index contributed by atoms with van der Waals surface area (Å²) in [5.41, 5.74) is 6.74. The summed E-state index contributed by atoms with van der Waals surface area (Å²) in [7, 11) is 5.42. The molecule has 0 radical (unpaired) electrons. The summed E-state index contributed by atoms with van der Waals surface area (Å²) in [6.45, 7) is 1.33. The molecule has 2 N–H and O–H groups in total. The molecule has 2 aromatic rings. The number of anilines is 1. The summed E-state index contributed by atoms with van der Waals surface area (Å²) in [5.74, 6) is 0.130. The lowest BCUT2D eigenvalue weighted by molar-refractivity contribution is 0.102. The average Bonchev–Trinajstić information content (AvgIpc) is 2.87. The second-order valence-electron chi connectivity index (χ2n) is 4.86. The van der Waals surface area contributed by atoms with Gasteiger partial charge in [-0.1, -0.05) is 0 Å². The molecule has 0 amide bonds. The molecule has 0 spiro atoms. The number of nitrogens with two attached hydrogens (primary N) is 1. The number of ether oxygens (including phenoxy) is 1. The molecule has 0 saturated carbocycles. The van der Waals surface area contributed by atoms with Gasteiger partial charge < -0.3 is 15.4 Å². The molecule has 7 heteroatoms. The fourth-order valence-electron chi connectivity index (χ4n) is 1.93. The Morgan fingerprint density at radius 2 is 2.24 bits per heavy atom. The van der Waals surface area contributed by atoms with E-state index in [1.165, 1.54) is 19.5 Å². The van der Waals surface area contributed by atoms with Crippen molar-refractivity contribution in [1.29, 1.82) is 0 Å². The van der Waals surface area contributed by atoms with Crippen LogP contribution in [0.2, 0.25) is 0 Å². The Balaban J connectivity index is 2.39. The first-order valence-corrected chi connectivity index (χ1v) is 6.54. The fraction of sp³-hybridized carbons (Fsp3) is 0.357. The first kappa shape index (κ1) is 15.0. The number of aromatic nitrogens is 3. The highest BCUT2D eigenvalue weighted by Crippen LogP contribution is 2.22. The number of methoxy groups -OCH3 is 1. The van der Waals surface area contributed by atoms with Gasteiger partial charge in [-0.05, 0) is 26.2 Å². The zero-order valence-corrected chi connectivity index (χ0v) is 12.4. The molecule has 0 bridgehead atoms. The van der Waals surface area contributed by atoms with Crippen molar-refractivity contribution < 1.29 is 9.53 Å². The smallest absolute Gasteiger partial charge is 0.235 e. The number of carbonyl (C=O) groups excluding carboxylic acids is 1. The van der Waals surface area contributed by atoms with Gasteiger partial charge in [-0.3, -0.25) is 14.5 Å². The molecule has 0 aliphatic heterocycles.